The van der Waals surface area contributed by atoms with E-state index in [0.717, 1.165) is 38.6 Å². The van der Waals surface area contributed by atoms with Crippen LogP contribution in [-0.2, 0) is 11.3 Å². The molecule has 92 valence electrons. The minimum absolute atomic E-state index is 0.733. The molecule has 0 radical (unpaired) electrons. The molecule has 0 aliphatic carbocycles. The maximum Gasteiger partial charge on any atom is 0.0701 e. The van der Waals surface area contributed by atoms with Gasteiger partial charge < -0.3 is 10.1 Å². The first kappa shape index (κ1) is 14.2. The minimum Gasteiger partial charge on any atom is -0.380 e. The number of hydrogen-bond donors (Lipinski definition) is 1. The summed E-state index contributed by atoms with van der Waals surface area (Å²) in [6, 6.07) is 2.15. The van der Waals surface area contributed by atoms with Crippen LogP contribution < -0.4 is 5.32 Å². The van der Waals surface area contributed by atoms with Crippen LogP contribution in [-0.4, -0.2) is 19.8 Å². The third kappa shape index (κ3) is 6.63. The van der Waals surface area contributed by atoms with Crippen LogP contribution in [0.2, 0.25) is 0 Å². The summed E-state index contributed by atoms with van der Waals surface area (Å²) in [6.07, 6.45) is 1.15. The molecule has 2 nitrogen and oxygen atoms in total. The van der Waals surface area contributed by atoms with E-state index in [1.165, 1.54) is 9.35 Å². The Bertz CT molecular complexity index is 288. The highest BCUT2D eigenvalue weighted by atomic mass is 79.9. The predicted molar refractivity (Wildman–Crippen MR) is 74.0 cm³/mol. The van der Waals surface area contributed by atoms with Gasteiger partial charge in [-0.2, -0.15) is 0 Å². The molecule has 1 heterocycles. The normalized spacial score (nSPS) is 11.2. The third-order valence-corrected chi connectivity index (χ3v) is 3.77. The van der Waals surface area contributed by atoms with Gasteiger partial charge in [0.25, 0.3) is 0 Å². The molecule has 0 aliphatic heterocycles. The Kier molecular flexibility index (Phi) is 7.28. The quantitative estimate of drug-likeness (QED) is 0.740. The molecule has 0 bridgehead atoms. The van der Waals surface area contributed by atoms with E-state index in [2.05, 4.69) is 46.5 Å². The lowest BCUT2D eigenvalue weighted by atomic mass is 10.1. The Morgan fingerprint density at radius 2 is 2.25 bits per heavy atom. The molecule has 0 aliphatic rings. The summed E-state index contributed by atoms with van der Waals surface area (Å²) in [5.74, 6) is 0.733. The standard InChI is InChI=1S/C12H20BrNOS/c1-10(2)3-5-15-6-4-14-8-11-7-12(13)16-9-11/h7,9-10,14H,3-6,8H2,1-2H3. The van der Waals surface area contributed by atoms with Crippen molar-refractivity contribution in [2.24, 2.45) is 5.92 Å². The zero-order valence-electron chi connectivity index (χ0n) is 9.96. The Balaban J connectivity index is 1.92. The van der Waals surface area contributed by atoms with Crippen LogP contribution in [0.4, 0.5) is 0 Å². The lowest BCUT2D eigenvalue weighted by Crippen LogP contribution is -2.19. The van der Waals surface area contributed by atoms with Crippen molar-refractivity contribution in [2.75, 3.05) is 19.8 Å². The number of thiophene rings is 1. The van der Waals surface area contributed by atoms with Gasteiger partial charge in [0.05, 0.1) is 10.4 Å². The number of nitrogens with one attached hydrogen (secondary N) is 1. The van der Waals surface area contributed by atoms with Crippen LogP contribution >= 0.6 is 27.3 Å². The topological polar surface area (TPSA) is 21.3 Å². The monoisotopic (exact) mass is 305 g/mol. The van der Waals surface area contributed by atoms with E-state index in [4.69, 9.17) is 4.74 Å². The summed E-state index contributed by atoms with van der Waals surface area (Å²) >= 11 is 5.18. The van der Waals surface area contributed by atoms with E-state index in [0.29, 0.717) is 0 Å². The fourth-order valence-electron chi connectivity index (χ4n) is 1.24. The SMILES string of the molecule is CC(C)CCOCCNCc1csc(Br)c1. The largest absolute Gasteiger partial charge is 0.380 e. The number of hydrogen-bond acceptors (Lipinski definition) is 3. The van der Waals surface area contributed by atoms with Crippen LogP contribution in [0.25, 0.3) is 0 Å². The van der Waals surface area contributed by atoms with Crippen LogP contribution in [0, 0.1) is 5.92 Å². The van der Waals surface area contributed by atoms with Crippen LogP contribution in [0.15, 0.2) is 15.2 Å². The Morgan fingerprint density at radius 1 is 1.44 bits per heavy atom. The second-order valence-electron chi connectivity index (χ2n) is 4.23. The smallest absolute Gasteiger partial charge is 0.0701 e. The van der Waals surface area contributed by atoms with E-state index < -0.39 is 0 Å². The molecule has 16 heavy (non-hydrogen) atoms. The molecule has 1 aromatic heterocycles. The van der Waals surface area contributed by atoms with Crippen molar-refractivity contribution in [1.82, 2.24) is 5.32 Å². The zero-order valence-corrected chi connectivity index (χ0v) is 12.4. The number of rotatable bonds is 8. The molecule has 1 N–H and O–H groups in total. The first-order valence-electron chi connectivity index (χ1n) is 5.70. The molecule has 0 fully saturated rings. The van der Waals surface area contributed by atoms with Gasteiger partial charge in [-0.1, -0.05) is 13.8 Å². The second kappa shape index (κ2) is 8.23. The van der Waals surface area contributed by atoms with Crippen molar-refractivity contribution in [3.8, 4) is 0 Å². The van der Waals surface area contributed by atoms with Crippen molar-refractivity contribution < 1.29 is 4.74 Å². The minimum atomic E-state index is 0.733. The molecule has 0 unspecified atom stereocenters. The fraction of sp³-hybridized carbons (Fsp3) is 0.667. The van der Waals surface area contributed by atoms with Crippen molar-refractivity contribution in [2.45, 2.75) is 26.8 Å². The van der Waals surface area contributed by atoms with Crippen molar-refractivity contribution in [3.05, 3.63) is 20.8 Å². The third-order valence-electron chi connectivity index (χ3n) is 2.21. The lowest BCUT2D eigenvalue weighted by molar-refractivity contribution is 0.125. The Labute approximate surface area is 111 Å². The predicted octanol–water partition coefficient (Wildman–Crippen LogP) is 3.66. The van der Waals surface area contributed by atoms with Gasteiger partial charge >= 0.3 is 0 Å². The van der Waals surface area contributed by atoms with Gasteiger partial charge in [-0.05, 0) is 45.3 Å². The maximum absolute atomic E-state index is 5.52. The van der Waals surface area contributed by atoms with Gasteiger partial charge in [0, 0.05) is 19.7 Å². The Hall–Kier alpha value is 0.100. The summed E-state index contributed by atoms with van der Waals surface area (Å²) in [5, 5.41) is 5.53. The van der Waals surface area contributed by atoms with Crippen LogP contribution in [0.3, 0.4) is 0 Å². The van der Waals surface area contributed by atoms with Gasteiger partial charge in [-0.15, -0.1) is 11.3 Å². The molecule has 1 rings (SSSR count). The van der Waals surface area contributed by atoms with E-state index in [1.54, 1.807) is 11.3 Å². The fourth-order valence-corrected chi connectivity index (χ4v) is 2.45. The summed E-state index contributed by atoms with van der Waals surface area (Å²) in [6.45, 7) is 7.97. The molecule has 0 saturated carbocycles. The van der Waals surface area contributed by atoms with Crippen molar-refractivity contribution in [1.29, 1.82) is 0 Å². The molecule has 0 aromatic carbocycles. The maximum atomic E-state index is 5.52. The molecular weight excluding hydrogens is 286 g/mol. The van der Waals surface area contributed by atoms with E-state index >= 15 is 0 Å². The number of ether oxygens (including phenoxy) is 1. The van der Waals surface area contributed by atoms with Gasteiger partial charge in [0.15, 0.2) is 0 Å². The van der Waals surface area contributed by atoms with Crippen molar-refractivity contribution in [3.63, 3.8) is 0 Å². The first-order valence-corrected chi connectivity index (χ1v) is 7.37. The summed E-state index contributed by atoms with van der Waals surface area (Å²) in [4.78, 5) is 0. The number of halogens is 1. The van der Waals surface area contributed by atoms with Gasteiger partial charge in [-0.25, -0.2) is 0 Å². The van der Waals surface area contributed by atoms with E-state index in [1.807, 2.05) is 0 Å². The zero-order chi connectivity index (χ0) is 11.8. The summed E-state index contributed by atoms with van der Waals surface area (Å²) in [5.41, 5.74) is 1.33. The summed E-state index contributed by atoms with van der Waals surface area (Å²) in [7, 11) is 0. The highest BCUT2D eigenvalue weighted by Gasteiger charge is 1.97. The average Bonchev–Trinajstić information content (AvgIpc) is 2.62. The highest BCUT2D eigenvalue weighted by molar-refractivity contribution is 9.11. The molecule has 0 atom stereocenters. The molecule has 0 amide bonds. The lowest BCUT2D eigenvalue weighted by Gasteiger charge is -2.07. The molecule has 4 heteroatoms. The van der Waals surface area contributed by atoms with Crippen LogP contribution in [0.1, 0.15) is 25.8 Å². The molecule has 0 spiro atoms. The molecule has 1 aromatic rings. The van der Waals surface area contributed by atoms with E-state index in [-0.39, 0.29) is 0 Å². The van der Waals surface area contributed by atoms with E-state index in [9.17, 15) is 0 Å². The first-order chi connectivity index (χ1) is 7.68. The average molecular weight is 306 g/mol. The van der Waals surface area contributed by atoms with Gasteiger partial charge in [-0.3, -0.25) is 0 Å². The van der Waals surface area contributed by atoms with Gasteiger partial charge in [0.1, 0.15) is 0 Å². The van der Waals surface area contributed by atoms with Crippen LogP contribution in [0.5, 0.6) is 0 Å². The van der Waals surface area contributed by atoms with Gasteiger partial charge in [0.2, 0.25) is 0 Å². The molecular formula is C12H20BrNOS. The summed E-state index contributed by atoms with van der Waals surface area (Å²) < 4.78 is 6.71. The second-order valence-corrected chi connectivity index (χ2v) is 6.52. The highest BCUT2D eigenvalue weighted by Crippen LogP contribution is 2.20. The Morgan fingerprint density at radius 3 is 2.88 bits per heavy atom. The molecule has 0 saturated heterocycles. The van der Waals surface area contributed by atoms with Crippen molar-refractivity contribution >= 4 is 27.3 Å².